The van der Waals surface area contributed by atoms with E-state index in [1.807, 2.05) is 7.11 Å². The van der Waals surface area contributed by atoms with Gasteiger partial charge in [-0.3, -0.25) is 0 Å². The summed E-state index contributed by atoms with van der Waals surface area (Å²) in [5.41, 5.74) is 0. The summed E-state index contributed by atoms with van der Waals surface area (Å²) in [6.45, 7) is 5.17. The van der Waals surface area contributed by atoms with Crippen LogP contribution in [0.4, 0.5) is 0 Å². The van der Waals surface area contributed by atoms with E-state index in [0.29, 0.717) is 0 Å². The maximum atomic E-state index is 6.03. The summed E-state index contributed by atoms with van der Waals surface area (Å²) in [5, 5.41) is 0. The zero-order valence-electron chi connectivity index (χ0n) is 18.9. The Kier molecular flexibility index (Phi) is 16.8. The van der Waals surface area contributed by atoms with Gasteiger partial charge in [0, 0.05) is 13.5 Å². The van der Waals surface area contributed by atoms with Gasteiger partial charge in [0.1, 0.15) is 13.1 Å². The molecule has 1 aliphatic heterocycles. The number of unbranched alkanes of at least 4 members (excludes halogenated alkanes) is 13. The van der Waals surface area contributed by atoms with Crippen molar-refractivity contribution in [3.05, 3.63) is 0 Å². The molecular weight excluding hydrogens is 449 g/mol. The van der Waals surface area contributed by atoms with Crippen LogP contribution in [0.1, 0.15) is 103 Å². The molecule has 1 fully saturated rings. The molecule has 1 unspecified atom stereocenters. The predicted molar refractivity (Wildman–Crippen MR) is 112 cm³/mol. The Bertz CT molecular complexity index is 338. The van der Waals surface area contributed by atoms with E-state index in [2.05, 4.69) is 21.0 Å². The molecule has 4 heteroatoms. The summed E-state index contributed by atoms with van der Waals surface area (Å²) < 4.78 is 12.8. The van der Waals surface area contributed by atoms with Gasteiger partial charge >= 0.3 is 0 Å². The van der Waals surface area contributed by atoms with Crippen LogP contribution in [-0.2, 0) is 9.47 Å². The van der Waals surface area contributed by atoms with Gasteiger partial charge in [0.2, 0.25) is 5.79 Å². The molecule has 1 atom stereocenters. The normalized spacial score (nSPS) is 21.8. The first-order valence-corrected chi connectivity index (χ1v) is 11.5. The molecule has 0 aromatic carbocycles. The van der Waals surface area contributed by atoms with Gasteiger partial charge in [-0.2, -0.15) is 0 Å². The fourth-order valence-electron chi connectivity index (χ4n) is 4.22. The Labute approximate surface area is 187 Å². The van der Waals surface area contributed by atoms with Crippen LogP contribution in [0.3, 0.4) is 0 Å². The third-order valence-corrected chi connectivity index (χ3v) is 6.01. The van der Waals surface area contributed by atoms with Crippen LogP contribution in [0, 0.1) is 0 Å². The van der Waals surface area contributed by atoms with Gasteiger partial charge in [0.25, 0.3) is 0 Å². The maximum Gasteiger partial charge on any atom is 0.218 e. The standard InChI is InChI=1S/C23H48NO2.HI/c1-5-6-7-8-9-10-11-12-13-14-15-16-17-18-19-23(25-4)22-24(2,3)20-21-26-23;/h5-22H2,1-4H3;1H/q+1;/p-1. The van der Waals surface area contributed by atoms with E-state index < -0.39 is 0 Å². The molecule has 0 radical (unpaired) electrons. The minimum atomic E-state index is -0.334. The third-order valence-electron chi connectivity index (χ3n) is 6.01. The Balaban J connectivity index is 0.00000676. The smallest absolute Gasteiger partial charge is 0.218 e. The van der Waals surface area contributed by atoms with Crippen LogP contribution in [0.2, 0.25) is 0 Å². The Morgan fingerprint density at radius 3 is 1.63 bits per heavy atom. The lowest BCUT2D eigenvalue weighted by molar-refractivity contribution is -0.911. The highest BCUT2D eigenvalue weighted by Gasteiger charge is 2.41. The summed E-state index contributed by atoms with van der Waals surface area (Å²) in [6.07, 6.45) is 20.7. The van der Waals surface area contributed by atoms with E-state index in [0.717, 1.165) is 30.6 Å². The van der Waals surface area contributed by atoms with Crippen LogP contribution in [0.15, 0.2) is 0 Å². The van der Waals surface area contributed by atoms with Crippen molar-refractivity contribution in [3.63, 3.8) is 0 Å². The van der Waals surface area contributed by atoms with E-state index >= 15 is 0 Å². The summed E-state index contributed by atoms with van der Waals surface area (Å²) in [5.74, 6) is -0.334. The maximum absolute atomic E-state index is 6.03. The van der Waals surface area contributed by atoms with Crippen LogP contribution in [0.5, 0.6) is 0 Å². The Morgan fingerprint density at radius 2 is 1.22 bits per heavy atom. The lowest BCUT2D eigenvalue weighted by Gasteiger charge is -2.44. The number of methoxy groups -OCH3 is 1. The van der Waals surface area contributed by atoms with Gasteiger partial charge in [-0.25, -0.2) is 0 Å². The van der Waals surface area contributed by atoms with Gasteiger partial charge in [0.15, 0.2) is 0 Å². The molecule has 0 aromatic heterocycles. The highest BCUT2D eigenvalue weighted by Crippen LogP contribution is 2.28. The van der Waals surface area contributed by atoms with E-state index in [9.17, 15) is 0 Å². The first-order chi connectivity index (χ1) is 12.5. The fourth-order valence-corrected chi connectivity index (χ4v) is 4.22. The minimum absolute atomic E-state index is 0. The number of ether oxygens (including phenoxy) is 2. The van der Waals surface area contributed by atoms with Gasteiger partial charge < -0.3 is 37.9 Å². The highest BCUT2D eigenvalue weighted by atomic mass is 127. The van der Waals surface area contributed by atoms with Crippen molar-refractivity contribution in [1.82, 2.24) is 0 Å². The molecule has 1 aliphatic rings. The van der Waals surface area contributed by atoms with E-state index in [-0.39, 0.29) is 29.8 Å². The predicted octanol–water partition coefficient (Wildman–Crippen LogP) is 3.31. The average molecular weight is 498 g/mol. The molecule has 0 amide bonds. The number of halogens is 1. The van der Waals surface area contributed by atoms with Crippen molar-refractivity contribution in [2.45, 2.75) is 109 Å². The molecule has 0 spiro atoms. The number of hydrogen-bond acceptors (Lipinski definition) is 2. The van der Waals surface area contributed by atoms with Crippen LogP contribution >= 0.6 is 0 Å². The molecule has 0 aromatic rings. The van der Waals surface area contributed by atoms with Crippen LogP contribution < -0.4 is 24.0 Å². The van der Waals surface area contributed by atoms with Crippen molar-refractivity contribution < 1.29 is 37.9 Å². The summed E-state index contributed by atoms with van der Waals surface area (Å²) >= 11 is 0. The zero-order chi connectivity index (χ0) is 19.1. The summed E-state index contributed by atoms with van der Waals surface area (Å²) in [6, 6.07) is 0. The summed E-state index contributed by atoms with van der Waals surface area (Å²) in [7, 11) is 6.37. The number of morpholine rings is 1. The molecule has 0 aliphatic carbocycles. The second-order valence-corrected chi connectivity index (χ2v) is 9.13. The minimum Gasteiger partial charge on any atom is -1.00 e. The van der Waals surface area contributed by atoms with Gasteiger partial charge in [0.05, 0.1) is 20.7 Å². The monoisotopic (exact) mass is 497 g/mol. The molecule has 27 heavy (non-hydrogen) atoms. The Morgan fingerprint density at radius 1 is 0.778 bits per heavy atom. The number of rotatable bonds is 16. The third kappa shape index (κ3) is 13.5. The van der Waals surface area contributed by atoms with Crippen molar-refractivity contribution in [2.75, 3.05) is 40.9 Å². The van der Waals surface area contributed by atoms with Crippen LogP contribution in [0.25, 0.3) is 0 Å². The van der Waals surface area contributed by atoms with Gasteiger partial charge in [-0.1, -0.05) is 90.4 Å². The second kappa shape index (κ2) is 16.4. The number of hydrogen-bond donors (Lipinski definition) is 0. The zero-order valence-corrected chi connectivity index (χ0v) is 21.0. The van der Waals surface area contributed by atoms with Crippen molar-refractivity contribution in [2.24, 2.45) is 0 Å². The molecule has 0 saturated carbocycles. The van der Waals surface area contributed by atoms with E-state index in [1.54, 1.807) is 0 Å². The second-order valence-electron chi connectivity index (χ2n) is 9.13. The van der Waals surface area contributed by atoms with Gasteiger partial charge in [-0.15, -0.1) is 0 Å². The quantitative estimate of drug-likeness (QED) is 0.185. The SMILES string of the molecule is CCCCCCCCCCCCCCCCC1(OC)C[N+](C)(C)CCO1.[I-]. The molecule has 1 saturated heterocycles. The largest absolute Gasteiger partial charge is 1.00 e. The first-order valence-electron chi connectivity index (χ1n) is 11.5. The lowest BCUT2D eigenvalue weighted by Crippen LogP contribution is -3.00. The highest BCUT2D eigenvalue weighted by molar-refractivity contribution is 4.72. The molecule has 1 heterocycles. The first kappa shape index (κ1) is 27.6. The van der Waals surface area contributed by atoms with Gasteiger partial charge in [-0.05, 0) is 6.42 Å². The van der Waals surface area contributed by atoms with Crippen molar-refractivity contribution >= 4 is 0 Å². The lowest BCUT2D eigenvalue weighted by atomic mass is 10.0. The molecule has 1 rings (SSSR count). The number of likely N-dealkylation sites (N-methyl/N-ethyl adjacent to an activating group) is 1. The number of nitrogens with zero attached hydrogens (tertiary/aromatic N) is 1. The fraction of sp³-hybridized carbons (Fsp3) is 1.00. The van der Waals surface area contributed by atoms with E-state index in [1.165, 1.54) is 89.9 Å². The molecular formula is C23H48INO2. The summed E-state index contributed by atoms with van der Waals surface area (Å²) in [4.78, 5) is 0. The topological polar surface area (TPSA) is 18.5 Å². The average Bonchev–Trinajstić information content (AvgIpc) is 2.61. The molecule has 164 valence electrons. The molecule has 0 N–H and O–H groups in total. The number of quaternary nitrogens is 1. The van der Waals surface area contributed by atoms with Crippen molar-refractivity contribution in [1.29, 1.82) is 0 Å². The van der Waals surface area contributed by atoms with Crippen molar-refractivity contribution in [3.8, 4) is 0 Å². The van der Waals surface area contributed by atoms with Crippen LogP contribution in [-0.4, -0.2) is 51.2 Å². The molecule has 0 bridgehead atoms. The Hall–Kier alpha value is 0.610. The molecule has 3 nitrogen and oxygen atoms in total. The van der Waals surface area contributed by atoms with E-state index in [4.69, 9.17) is 9.47 Å².